The Morgan fingerprint density at radius 3 is 2.88 bits per heavy atom. The second kappa shape index (κ2) is 8.08. The molecule has 0 radical (unpaired) electrons. The van der Waals surface area contributed by atoms with Crippen molar-refractivity contribution in [2.45, 2.75) is 25.3 Å². The van der Waals surface area contributed by atoms with Crippen molar-refractivity contribution >= 4 is 16.7 Å². The highest BCUT2D eigenvalue weighted by molar-refractivity contribution is 5.98. The third-order valence-electron chi connectivity index (χ3n) is 4.50. The number of carbonyl (C=O) groups excluding carboxylic acids is 1. The SMILES string of the molecule is CN(C)CCC(NC(=O)c1ccc2cnccc2c1)C1=CCCC=C1. The van der Waals surface area contributed by atoms with Crippen LogP contribution in [0.15, 0.2) is 60.5 Å². The maximum atomic E-state index is 12.8. The van der Waals surface area contributed by atoms with Crippen molar-refractivity contribution in [3.63, 3.8) is 0 Å². The quantitative estimate of drug-likeness (QED) is 0.878. The Bertz CT molecular complexity index is 808. The number of nitrogens with zero attached hydrogens (tertiary/aromatic N) is 2. The average molecular weight is 335 g/mol. The molecule has 1 unspecified atom stereocenters. The van der Waals surface area contributed by atoms with Gasteiger partial charge in [0.05, 0.1) is 6.04 Å². The Kier molecular flexibility index (Phi) is 5.61. The van der Waals surface area contributed by atoms with E-state index < -0.39 is 0 Å². The summed E-state index contributed by atoms with van der Waals surface area (Å²) in [6.07, 6.45) is 13.2. The van der Waals surface area contributed by atoms with Gasteiger partial charge < -0.3 is 10.2 Å². The summed E-state index contributed by atoms with van der Waals surface area (Å²) in [6, 6.07) is 7.72. The Hall–Kier alpha value is -2.46. The molecule has 25 heavy (non-hydrogen) atoms. The van der Waals surface area contributed by atoms with Gasteiger partial charge in [-0.3, -0.25) is 9.78 Å². The maximum absolute atomic E-state index is 12.8. The first-order valence-electron chi connectivity index (χ1n) is 8.79. The molecule has 1 aromatic carbocycles. The van der Waals surface area contributed by atoms with Gasteiger partial charge in [-0.25, -0.2) is 0 Å². The number of carbonyl (C=O) groups is 1. The van der Waals surface area contributed by atoms with Gasteiger partial charge in [-0.2, -0.15) is 0 Å². The van der Waals surface area contributed by atoms with Gasteiger partial charge >= 0.3 is 0 Å². The van der Waals surface area contributed by atoms with Crippen molar-refractivity contribution in [1.29, 1.82) is 0 Å². The van der Waals surface area contributed by atoms with E-state index in [1.165, 1.54) is 5.57 Å². The fourth-order valence-electron chi connectivity index (χ4n) is 3.07. The number of allylic oxidation sites excluding steroid dienone is 2. The minimum Gasteiger partial charge on any atom is -0.345 e. The number of benzene rings is 1. The number of pyridine rings is 1. The van der Waals surface area contributed by atoms with Crippen LogP contribution in [0.1, 0.15) is 29.6 Å². The molecule has 2 aromatic rings. The second-order valence-electron chi connectivity index (χ2n) is 6.74. The van der Waals surface area contributed by atoms with Crippen LogP contribution >= 0.6 is 0 Å². The van der Waals surface area contributed by atoms with Gasteiger partial charge in [-0.15, -0.1) is 0 Å². The van der Waals surface area contributed by atoms with E-state index in [9.17, 15) is 4.79 Å². The van der Waals surface area contributed by atoms with Gasteiger partial charge in [-0.05, 0) is 69.1 Å². The molecule has 1 amide bonds. The molecule has 130 valence electrons. The van der Waals surface area contributed by atoms with E-state index in [1.54, 1.807) is 6.20 Å². The molecule has 1 aliphatic carbocycles. The largest absolute Gasteiger partial charge is 0.345 e. The highest BCUT2D eigenvalue weighted by Gasteiger charge is 2.18. The summed E-state index contributed by atoms with van der Waals surface area (Å²) in [5.41, 5.74) is 1.90. The molecule has 1 aromatic heterocycles. The smallest absolute Gasteiger partial charge is 0.251 e. The van der Waals surface area contributed by atoms with Crippen LogP contribution in [-0.2, 0) is 0 Å². The normalized spacial score (nSPS) is 15.2. The van der Waals surface area contributed by atoms with E-state index in [0.29, 0.717) is 5.56 Å². The number of hydrogen-bond acceptors (Lipinski definition) is 3. The minimum absolute atomic E-state index is 0.0256. The van der Waals surface area contributed by atoms with Crippen LogP contribution in [-0.4, -0.2) is 42.5 Å². The number of rotatable bonds is 6. The third-order valence-corrected chi connectivity index (χ3v) is 4.50. The van der Waals surface area contributed by atoms with E-state index in [-0.39, 0.29) is 11.9 Å². The van der Waals surface area contributed by atoms with Crippen molar-refractivity contribution in [3.05, 3.63) is 66.0 Å². The predicted molar refractivity (Wildman–Crippen MR) is 103 cm³/mol. The molecule has 1 aliphatic rings. The number of nitrogens with one attached hydrogen (secondary N) is 1. The number of aromatic nitrogens is 1. The Labute approximate surface area is 149 Å². The highest BCUT2D eigenvalue weighted by atomic mass is 16.1. The van der Waals surface area contributed by atoms with Gasteiger partial charge in [0.15, 0.2) is 0 Å². The fraction of sp³-hybridized carbons (Fsp3) is 0.333. The van der Waals surface area contributed by atoms with Crippen LogP contribution in [0.5, 0.6) is 0 Å². The first kappa shape index (κ1) is 17.4. The summed E-state index contributed by atoms with van der Waals surface area (Å²) in [5, 5.41) is 5.30. The molecular formula is C21H25N3O. The molecule has 0 saturated carbocycles. The lowest BCUT2D eigenvalue weighted by Crippen LogP contribution is -2.38. The molecule has 0 fully saturated rings. The fourth-order valence-corrected chi connectivity index (χ4v) is 3.07. The Balaban J connectivity index is 1.78. The van der Waals surface area contributed by atoms with Crippen LogP contribution in [0.4, 0.5) is 0 Å². The van der Waals surface area contributed by atoms with Crippen LogP contribution < -0.4 is 5.32 Å². The lowest BCUT2D eigenvalue weighted by molar-refractivity contribution is 0.0940. The summed E-state index contributed by atoms with van der Waals surface area (Å²) >= 11 is 0. The predicted octanol–water partition coefficient (Wildman–Crippen LogP) is 3.56. The monoisotopic (exact) mass is 335 g/mol. The van der Waals surface area contributed by atoms with Crippen molar-refractivity contribution in [2.24, 2.45) is 0 Å². The number of hydrogen-bond donors (Lipinski definition) is 1. The topological polar surface area (TPSA) is 45.2 Å². The lowest BCUT2D eigenvalue weighted by atomic mass is 9.97. The van der Waals surface area contributed by atoms with Crippen molar-refractivity contribution in [3.8, 4) is 0 Å². The van der Waals surface area contributed by atoms with Crippen LogP contribution in [0.25, 0.3) is 10.8 Å². The van der Waals surface area contributed by atoms with Gasteiger partial charge in [0.1, 0.15) is 0 Å². The molecule has 1 heterocycles. The number of amides is 1. The molecule has 3 rings (SSSR count). The third kappa shape index (κ3) is 4.54. The van der Waals surface area contributed by atoms with Gasteiger partial charge in [0.2, 0.25) is 0 Å². The Morgan fingerprint density at radius 2 is 2.12 bits per heavy atom. The first-order valence-corrected chi connectivity index (χ1v) is 8.79. The van der Waals surface area contributed by atoms with Crippen LogP contribution in [0.2, 0.25) is 0 Å². The van der Waals surface area contributed by atoms with E-state index in [1.807, 2.05) is 30.5 Å². The maximum Gasteiger partial charge on any atom is 0.251 e. The van der Waals surface area contributed by atoms with Crippen molar-refractivity contribution in [2.75, 3.05) is 20.6 Å². The second-order valence-corrected chi connectivity index (χ2v) is 6.74. The molecule has 1 atom stereocenters. The molecule has 0 saturated heterocycles. The lowest BCUT2D eigenvalue weighted by Gasteiger charge is -2.23. The average Bonchev–Trinajstić information content (AvgIpc) is 2.65. The summed E-state index contributed by atoms with van der Waals surface area (Å²) < 4.78 is 0. The summed E-state index contributed by atoms with van der Waals surface area (Å²) in [6.45, 7) is 0.930. The minimum atomic E-state index is -0.0256. The van der Waals surface area contributed by atoms with Crippen molar-refractivity contribution in [1.82, 2.24) is 15.2 Å². The molecule has 0 spiro atoms. The summed E-state index contributed by atoms with van der Waals surface area (Å²) in [7, 11) is 4.11. The van der Waals surface area contributed by atoms with Gasteiger partial charge in [0, 0.05) is 23.3 Å². The van der Waals surface area contributed by atoms with Crippen molar-refractivity contribution < 1.29 is 4.79 Å². The molecule has 4 heteroatoms. The first-order chi connectivity index (χ1) is 12.1. The van der Waals surface area contributed by atoms with Crippen LogP contribution in [0, 0.1) is 0 Å². The molecule has 4 nitrogen and oxygen atoms in total. The van der Waals surface area contributed by atoms with E-state index in [0.717, 1.165) is 36.6 Å². The Morgan fingerprint density at radius 1 is 1.24 bits per heavy atom. The zero-order valence-corrected chi connectivity index (χ0v) is 14.9. The standard InChI is InChI=1S/C21H25N3O/c1-24(2)13-11-20(16-6-4-3-5-7-16)23-21(25)18-8-9-19-15-22-12-10-17(19)14-18/h4,6-10,12,14-15,20H,3,5,11,13H2,1-2H3,(H,23,25). The van der Waals surface area contributed by atoms with Crippen LogP contribution in [0.3, 0.4) is 0 Å². The van der Waals surface area contributed by atoms with Gasteiger partial charge in [0.25, 0.3) is 5.91 Å². The van der Waals surface area contributed by atoms with Gasteiger partial charge in [-0.1, -0.05) is 24.3 Å². The molecule has 0 aliphatic heterocycles. The van der Waals surface area contributed by atoms with E-state index >= 15 is 0 Å². The van der Waals surface area contributed by atoms with E-state index in [2.05, 4.69) is 47.5 Å². The molecule has 1 N–H and O–H groups in total. The zero-order chi connectivity index (χ0) is 17.6. The highest BCUT2D eigenvalue weighted by Crippen LogP contribution is 2.18. The summed E-state index contributed by atoms with van der Waals surface area (Å²) in [4.78, 5) is 19.1. The molecular weight excluding hydrogens is 310 g/mol. The summed E-state index contributed by atoms with van der Waals surface area (Å²) in [5.74, 6) is -0.0256. The van der Waals surface area contributed by atoms with E-state index in [4.69, 9.17) is 0 Å². The molecule has 0 bridgehead atoms. The zero-order valence-electron chi connectivity index (χ0n) is 14.9. The number of fused-ring (bicyclic) bond motifs is 1.